The summed E-state index contributed by atoms with van der Waals surface area (Å²) in [5.74, 6) is -0.418. The van der Waals surface area contributed by atoms with Crippen molar-refractivity contribution in [2.45, 2.75) is 18.6 Å². The molecule has 76 valence electrons. The molecule has 0 N–H and O–H groups in total. The van der Waals surface area contributed by atoms with Crippen LogP contribution < -0.4 is 0 Å². The van der Waals surface area contributed by atoms with Gasteiger partial charge in [-0.2, -0.15) is 0 Å². The van der Waals surface area contributed by atoms with Crippen LogP contribution in [0.4, 0.5) is 0 Å². The van der Waals surface area contributed by atoms with Crippen LogP contribution in [0.15, 0.2) is 17.3 Å². The minimum Gasteiger partial charge on any atom is -0.460 e. The van der Waals surface area contributed by atoms with E-state index in [1.54, 1.807) is 6.92 Å². The molecule has 1 aromatic heterocycles. The highest BCUT2D eigenvalue weighted by atomic mass is 32.1. The lowest BCUT2D eigenvalue weighted by molar-refractivity contribution is -0.139. The number of hydrogen-bond donors (Lipinski definition) is 1. The third-order valence-electron chi connectivity index (χ3n) is 1.40. The molecule has 0 unspecified atom stereocenters. The van der Waals surface area contributed by atoms with Gasteiger partial charge in [0.15, 0.2) is 0 Å². The predicted molar refractivity (Wildman–Crippen MR) is 50.8 cm³/mol. The zero-order valence-electron chi connectivity index (χ0n) is 7.67. The Balaban J connectivity index is 2.32. The highest BCUT2D eigenvalue weighted by Gasteiger charge is 2.04. The molecule has 0 fully saturated rings. The number of tetrazole rings is 1. The summed E-state index contributed by atoms with van der Waals surface area (Å²) in [4.78, 5) is 11.0. The number of carbonyl (C=O) groups is 1. The van der Waals surface area contributed by atoms with Crippen molar-refractivity contribution >= 4 is 18.6 Å². The fraction of sp³-hybridized carbons (Fsp3) is 0.429. The number of hydrogen-bond acceptors (Lipinski definition) is 6. The molecule has 6 nitrogen and oxygen atoms in total. The van der Waals surface area contributed by atoms with Gasteiger partial charge in [-0.3, -0.25) is 0 Å². The van der Waals surface area contributed by atoms with Gasteiger partial charge in [0.1, 0.15) is 6.61 Å². The van der Waals surface area contributed by atoms with E-state index >= 15 is 0 Å². The summed E-state index contributed by atoms with van der Waals surface area (Å²) >= 11 is 3.98. The van der Waals surface area contributed by atoms with Crippen molar-refractivity contribution in [3.05, 3.63) is 12.2 Å². The van der Waals surface area contributed by atoms with Crippen LogP contribution in [0.25, 0.3) is 0 Å². The first-order valence-electron chi connectivity index (χ1n) is 3.89. The first kappa shape index (κ1) is 10.7. The molecule has 1 rings (SSSR count). The maximum Gasteiger partial charge on any atom is 0.333 e. The van der Waals surface area contributed by atoms with E-state index < -0.39 is 5.97 Å². The summed E-state index contributed by atoms with van der Waals surface area (Å²) in [5.41, 5.74) is 0.368. The van der Waals surface area contributed by atoms with Crippen LogP contribution in [0, 0.1) is 0 Å². The van der Waals surface area contributed by atoms with Gasteiger partial charge in [-0.05, 0) is 17.4 Å². The third-order valence-corrected chi connectivity index (χ3v) is 1.72. The summed E-state index contributed by atoms with van der Waals surface area (Å²) in [7, 11) is 0. The molecule has 0 aliphatic heterocycles. The van der Waals surface area contributed by atoms with E-state index in [1.165, 1.54) is 4.68 Å². The van der Waals surface area contributed by atoms with Crippen LogP contribution in [0.2, 0.25) is 0 Å². The van der Waals surface area contributed by atoms with E-state index in [1.807, 2.05) is 0 Å². The minimum atomic E-state index is -0.418. The van der Waals surface area contributed by atoms with Crippen LogP contribution in [-0.4, -0.2) is 32.8 Å². The maximum atomic E-state index is 11.0. The Morgan fingerprint density at radius 1 is 1.71 bits per heavy atom. The zero-order valence-corrected chi connectivity index (χ0v) is 8.57. The second-order valence-electron chi connectivity index (χ2n) is 2.62. The fourth-order valence-corrected chi connectivity index (χ4v) is 0.873. The van der Waals surface area contributed by atoms with Crippen LogP contribution >= 0.6 is 12.6 Å². The van der Waals surface area contributed by atoms with Crippen molar-refractivity contribution < 1.29 is 9.53 Å². The van der Waals surface area contributed by atoms with Crippen LogP contribution in [0.5, 0.6) is 0 Å². The van der Waals surface area contributed by atoms with E-state index in [9.17, 15) is 4.79 Å². The summed E-state index contributed by atoms with van der Waals surface area (Å²) in [6.45, 7) is 5.62. The third kappa shape index (κ3) is 2.84. The van der Waals surface area contributed by atoms with Crippen LogP contribution in [-0.2, 0) is 16.1 Å². The molecule has 7 heteroatoms. The molecule has 0 bridgehead atoms. The molecule has 0 atom stereocenters. The van der Waals surface area contributed by atoms with Crippen LogP contribution in [0.3, 0.4) is 0 Å². The van der Waals surface area contributed by atoms with E-state index in [4.69, 9.17) is 4.74 Å². The summed E-state index contributed by atoms with van der Waals surface area (Å²) in [6.07, 6.45) is 0. The monoisotopic (exact) mass is 214 g/mol. The molecule has 14 heavy (non-hydrogen) atoms. The second kappa shape index (κ2) is 4.75. The minimum absolute atomic E-state index is 0.199. The first-order chi connectivity index (χ1) is 6.61. The van der Waals surface area contributed by atoms with Gasteiger partial charge in [-0.15, -0.1) is 17.7 Å². The van der Waals surface area contributed by atoms with Crippen molar-refractivity contribution in [1.29, 1.82) is 0 Å². The standard InChI is InChI=1S/C7H10N4O2S/c1-5(2)6(12)13-4-3-11-7(14)8-9-10-11/h1,3-4H2,2H3,(H,8,10,14). The fourth-order valence-electron chi connectivity index (χ4n) is 0.693. The Morgan fingerprint density at radius 3 is 2.93 bits per heavy atom. The van der Waals surface area contributed by atoms with E-state index in [2.05, 4.69) is 34.7 Å². The molecule has 0 aliphatic rings. The molecular formula is C7H10N4O2S. The van der Waals surface area contributed by atoms with Gasteiger partial charge in [-0.25, -0.2) is 9.48 Å². The Bertz CT molecular complexity index is 349. The maximum absolute atomic E-state index is 11.0. The highest BCUT2D eigenvalue weighted by Crippen LogP contribution is 1.98. The van der Waals surface area contributed by atoms with Gasteiger partial charge in [-0.1, -0.05) is 6.58 Å². The molecule has 1 heterocycles. The zero-order chi connectivity index (χ0) is 10.6. The Morgan fingerprint density at radius 2 is 2.43 bits per heavy atom. The SMILES string of the molecule is C=C(C)C(=O)OCCn1nnnc1S. The number of carbonyl (C=O) groups excluding carboxylic acids is 1. The van der Waals surface area contributed by atoms with E-state index in [-0.39, 0.29) is 6.61 Å². The van der Waals surface area contributed by atoms with Gasteiger partial charge < -0.3 is 4.74 Å². The quantitative estimate of drug-likeness (QED) is 0.436. The molecule has 1 aromatic rings. The number of rotatable bonds is 4. The predicted octanol–water partition coefficient (Wildman–Crippen LogP) is 0.0811. The summed E-state index contributed by atoms with van der Waals surface area (Å²) in [5, 5.41) is 10.9. The van der Waals surface area contributed by atoms with Gasteiger partial charge in [0, 0.05) is 5.57 Å². The number of ether oxygens (including phenoxy) is 1. The highest BCUT2D eigenvalue weighted by molar-refractivity contribution is 7.80. The molecule has 0 saturated carbocycles. The lowest BCUT2D eigenvalue weighted by Gasteiger charge is -2.03. The van der Waals surface area contributed by atoms with Gasteiger partial charge in [0.2, 0.25) is 5.16 Å². The average molecular weight is 214 g/mol. The topological polar surface area (TPSA) is 69.9 Å². The Hall–Kier alpha value is -1.37. The molecular weight excluding hydrogens is 204 g/mol. The normalized spacial score (nSPS) is 9.86. The number of thiol groups is 1. The van der Waals surface area contributed by atoms with Gasteiger partial charge in [0.05, 0.1) is 6.54 Å². The van der Waals surface area contributed by atoms with Gasteiger partial charge in [0.25, 0.3) is 0 Å². The Labute approximate surface area is 86.3 Å². The lowest BCUT2D eigenvalue weighted by Crippen LogP contribution is -2.12. The van der Waals surface area contributed by atoms with Gasteiger partial charge >= 0.3 is 5.97 Å². The molecule has 0 aromatic carbocycles. The van der Waals surface area contributed by atoms with Crippen molar-refractivity contribution in [2.24, 2.45) is 0 Å². The second-order valence-corrected chi connectivity index (χ2v) is 3.02. The van der Waals surface area contributed by atoms with E-state index in [0.717, 1.165) is 0 Å². The molecule has 0 amide bonds. The van der Waals surface area contributed by atoms with Crippen molar-refractivity contribution in [2.75, 3.05) is 6.61 Å². The molecule has 0 saturated heterocycles. The van der Waals surface area contributed by atoms with Crippen LogP contribution in [0.1, 0.15) is 6.92 Å². The van der Waals surface area contributed by atoms with Crippen molar-refractivity contribution in [3.8, 4) is 0 Å². The average Bonchev–Trinajstić information content (AvgIpc) is 2.51. The molecule has 0 radical (unpaired) electrons. The molecule has 0 aliphatic carbocycles. The number of aromatic nitrogens is 4. The number of esters is 1. The summed E-state index contributed by atoms with van der Waals surface area (Å²) in [6, 6.07) is 0. The first-order valence-corrected chi connectivity index (χ1v) is 4.33. The Kier molecular flexibility index (Phi) is 3.63. The summed E-state index contributed by atoms with van der Waals surface area (Å²) < 4.78 is 6.27. The largest absolute Gasteiger partial charge is 0.460 e. The lowest BCUT2D eigenvalue weighted by atomic mass is 10.4. The van der Waals surface area contributed by atoms with Crippen molar-refractivity contribution in [1.82, 2.24) is 20.2 Å². The smallest absolute Gasteiger partial charge is 0.333 e. The molecule has 0 spiro atoms. The number of nitrogens with zero attached hydrogens (tertiary/aromatic N) is 4. The van der Waals surface area contributed by atoms with Crippen molar-refractivity contribution in [3.63, 3.8) is 0 Å². The van der Waals surface area contributed by atoms with E-state index in [0.29, 0.717) is 17.3 Å².